The van der Waals surface area contributed by atoms with Gasteiger partial charge in [0.05, 0.1) is 28.9 Å². The molecule has 4 amide bonds. The Labute approximate surface area is 300 Å². The Morgan fingerprint density at radius 3 is 2.24 bits per heavy atom. The van der Waals surface area contributed by atoms with Gasteiger partial charge in [-0.1, -0.05) is 89.5 Å². The molecule has 3 fully saturated rings. The van der Waals surface area contributed by atoms with Crippen LogP contribution < -0.4 is 5.43 Å². The average molecular weight is 702 g/mol. The minimum atomic E-state index is -1.45. The maximum Gasteiger partial charge on any atom is 0.260 e. The predicted molar refractivity (Wildman–Crippen MR) is 190 cm³/mol. The van der Waals surface area contributed by atoms with Crippen molar-refractivity contribution in [1.29, 1.82) is 0 Å². The quantitative estimate of drug-likeness (QED) is 0.153. The smallest absolute Gasteiger partial charge is 0.260 e. The van der Waals surface area contributed by atoms with Crippen LogP contribution in [0.2, 0.25) is 5.02 Å². The van der Waals surface area contributed by atoms with Crippen LogP contribution in [-0.4, -0.2) is 50.3 Å². The molecule has 0 spiro atoms. The van der Waals surface area contributed by atoms with Gasteiger partial charge in [-0.3, -0.25) is 29.5 Å². The van der Waals surface area contributed by atoms with Crippen LogP contribution in [0.15, 0.2) is 109 Å². The summed E-state index contributed by atoms with van der Waals surface area (Å²) < 4.78 is 0. The Morgan fingerprint density at radius 1 is 0.824 bits per heavy atom. The second-order valence-corrected chi connectivity index (χ2v) is 14.4. The number of hydrogen-bond acceptors (Lipinski definition) is 7. The number of aromatic hydroxyl groups is 2. The normalized spacial score (nSPS) is 26.9. The lowest BCUT2D eigenvalue weighted by Gasteiger charge is -2.50. The van der Waals surface area contributed by atoms with Crippen LogP contribution in [0, 0.1) is 30.6 Å². The maximum absolute atomic E-state index is 15.2. The molecule has 3 N–H and O–H groups in total. The van der Waals surface area contributed by atoms with Crippen LogP contribution in [0.25, 0.3) is 0 Å². The molecule has 2 heterocycles. The monoisotopic (exact) mass is 701 g/mol. The molecule has 2 aliphatic carbocycles. The number of anilines is 1. The van der Waals surface area contributed by atoms with E-state index in [-0.39, 0.29) is 41.3 Å². The molecule has 51 heavy (non-hydrogen) atoms. The van der Waals surface area contributed by atoms with E-state index >= 15 is 4.79 Å². The number of carbonyl (C=O) groups excluding carboxylic acids is 4. The lowest BCUT2D eigenvalue weighted by atomic mass is 9.49. The van der Waals surface area contributed by atoms with Gasteiger partial charge in [0.1, 0.15) is 11.5 Å². The Balaban J connectivity index is 1.25. The van der Waals surface area contributed by atoms with Crippen LogP contribution in [0.3, 0.4) is 0 Å². The first-order valence-electron chi connectivity index (χ1n) is 17.2. The van der Waals surface area contributed by atoms with E-state index in [0.717, 1.165) is 21.7 Å². The second-order valence-electron chi connectivity index (χ2n) is 14.0. The third-order valence-electron chi connectivity index (χ3n) is 11.3. The van der Waals surface area contributed by atoms with E-state index in [1.807, 2.05) is 67.6 Å². The number of phenols is 2. The molecule has 1 saturated carbocycles. The van der Waals surface area contributed by atoms with Gasteiger partial charge >= 0.3 is 0 Å². The molecule has 9 nitrogen and oxygen atoms in total. The molecule has 2 aliphatic heterocycles. The molecule has 258 valence electrons. The number of halogens is 1. The lowest BCUT2D eigenvalue weighted by Crippen LogP contribution is -2.53. The number of allylic oxidation sites excluding steroid dienone is 2. The number of aryl methyl sites for hydroxylation is 1. The highest BCUT2D eigenvalue weighted by atomic mass is 35.5. The van der Waals surface area contributed by atoms with E-state index in [1.54, 1.807) is 30.3 Å². The molecule has 0 radical (unpaired) electrons. The number of carbonyl (C=O) groups is 4. The molecule has 4 aromatic rings. The van der Waals surface area contributed by atoms with Crippen LogP contribution in [-0.2, 0) is 31.0 Å². The zero-order valence-corrected chi connectivity index (χ0v) is 28.6. The van der Waals surface area contributed by atoms with Crippen molar-refractivity contribution in [2.45, 2.75) is 37.5 Å². The number of nitrogens with zero attached hydrogens (tertiary/aromatic N) is 2. The first kappa shape index (κ1) is 32.8. The summed E-state index contributed by atoms with van der Waals surface area (Å²) in [6.07, 6.45) is 2.89. The van der Waals surface area contributed by atoms with Crippen LogP contribution in [0.5, 0.6) is 11.5 Å². The number of nitrogens with one attached hydrogen (secondary N) is 1. The van der Waals surface area contributed by atoms with E-state index in [4.69, 9.17) is 11.6 Å². The molecule has 8 rings (SSSR count). The molecular weight excluding hydrogens is 666 g/mol. The Morgan fingerprint density at radius 2 is 1.53 bits per heavy atom. The highest BCUT2D eigenvalue weighted by Crippen LogP contribution is 2.64. The van der Waals surface area contributed by atoms with Crippen LogP contribution in [0.1, 0.15) is 41.0 Å². The van der Waals surface area contributed by atoms with Gasteiger partial charge in [0.2, 0.25) is 11.8 Å². The molecule has 10 heteroatoms. The van der Waals surface area contributed by atoms with Gasteiger partial charge in [0.25, 0.3) is 11.8 Å². The Kier molecular flexibility index (Phi) is 7.98. The predicted octanol–water partition coefficient (Wildman–Crippen LogP) is 6.29. The van der Waals surface area contributed by atoms with Crippen molar-refractivity contribution in [3.05, 3.63) is 136 Å². The standard InChI is InChI=1S/C41H36ClN3O6/c1-23-7-11-26(12-8-23)43-45-38(49)33-22-32-29(17-18-31-35(32)39(50)44(37(31)48)20-19-24-9-13-27(46)14-10-24)36(30-16-15-28(47)21-34(30)42)41(33,40(45)51)25-5-3-2-4-6-25/h2-17,21,31-33,35-36,43,46-47H,18-20,22H2,1H3/t31-,32+,33-,35-,36+,41+/m0/s1. The third-order valence-corrected chi connectivity index (χ3v) is 11.7. The fraction of sp³-hybridized carbons (Fsp3) is 0.268. The van der Waals surface area contributed by atoms with Gasteiger partial charge in [-0.2, -0.15) is 5.01 Å². The number of likely N-dealkylation sites (tertiary alicyclic amines) is 1. The minimum Gasteiger partial charge on any atom is -0.508 e. The highest BCUT2D eigenvalue weighted by Gasteiger charge is 2.70. The number of phenolic OH excluding ortho intramolecular Hbond substituents is 2. The second kappa shape index (κ2) is 12.4. The zero-order chi connectivity index (χ0) is 35.6. The van der Waals surface area contributed by atoms with Gasteiger partial charge in [-0.25, -0.2) is 0 Å². The number of rotatable bonds is 7. The summed E-state index contributed by atoms with van der Waals surface area (Å²) >= 11 is 6.94. The number of fused-ring (bicyclic) bond motifs is 4. The van der Waals surface area contributed by atoms with Gasteiger partial charge in [-0.15, -0.1) is 0 Å². The van der Waals surface area contributed by atoms with Gasteiger partial charge in [-0.05, 0) is 85.2 Å². The van der Waals surface area contributed by atoms with E-state index in [9.17, 15) is 24.6 Å². The molecule has 0 unspecified atom stereocenters. The summed E-state index contributed by atoms with van der Waals surface area (Å²) in [5.74, 6) is -4.83. The number of hydrazine groups is 1. The molecular formula is C41H36ClN3O6. The largest absolute Gasteiger partial charge is 0.508 e. The molecule has 0 bridgehead atoms. The summed E-state index contributed by atoms with van der Waals surface area (Å²) in [6, 6.07) is 28.0. The minimum absolute atomic E-state index is 0.0450. The molecule has 6 atom stereocenters. The summed E-state index contributed by atoms with van der Waals surface area (Å²) in [5, 5.41) is 21.4. The summed E-state index contributed by atoms with van der Waals surface area (Å²) in [7, 11) is 0. The van der Waals surface area contributed by atoms with E-state index in [2.05, 4.69) is 5.43 Å². The van der Waals surface area contributed by atoms with Crippen molar-refractivity contribution >= 4 is 40.9 Å². The van der Waals surface area contributed by atoms with Crippen molar-refractivity contribution in [2.75, 3.05) is 12.0 Å². The van der Waals surface area contributed by atoms with Gasteiger partial charge < -0.3 is 10.2 Å². The molecule has 4 aromatic carbocycles. The van der Waals surface area contributed by atoms with Crippen molar-refractivity contribution < 1.29 is 29.4 Å². The van der Waals surface area contributed by atoms with E-state index < -0.39 is 46.8 Å². The first-order valence-corrected chi connectivity index (χ1v) is 17.6. The summed E-state index contributed by atoms with van der Waals surface area (Å²) in [6.45, 7) is 2.14. The maximum atomic E-state index is 15.2. The summed E-state index contributed by atoms with van der Waals surface area (Å²) in [5.41, 5.74) is 6.11. The van der Waals surface area contributed by atoms with E-state index in [0.29, 0.717) is 29.7 Å². The Hall–Kier alpha value is -5.41. The van der Waals surface area contributed by atoms with Crippen molar-refractivity contribution in [3.63, 3.8) is 0 Å². The van der Waals surface area contributed by atoms with Crippen LogP contribution in [0.4, 0.5) is 5.69 Å². The molecule has 0 aromatic heterocycles. The van der Waals surface area contributed by atoms with Gasteiger partial charge in [0, 0.05) is 17.5 Å². The average Bonchev–Trinajstić information content (AvgIpc) is 3.50. The number of benzene rings is 4. The summed E-state index contributed by atoms with van der Waals surface area (Å²) in [4.78, 5) is 59.5. The third kappa shape index (κ3) is 5.13. The first-order chi connectivity index (χ1) is 24.6. The number of hydrogen-bond donors (Lipinski definition) is 3. The van der Waals surface area contributed by atoms with E-state index in [1.165, 1.54) is 17.0 Å². The van der Waals surface area contributed by atoms with Crippen molar-refractivity contribution in [3.8, 4) is 11.5 Å². The topological polar surface area (TPSA) is 127 Å². The van der Waals surface area contributed by atoms with Crippen LogP contribution >= 0.6 is 11.6 Å². The Bertz CT molecular complexity index is 2100. The van der Waals surface area contributed by atoms with Crippen molar-refractivity contribution in [2.24, 2.45) is 23.7 Å². The highest BCUT2D eigenvalue weighted by molar-refractivity contribution is 6.31. The lowest BCUT2D eigenvalue weighted by molar-refractivity contribution is -0.141. The fourth-order valence-electron chi connectivity index (χ4n) is 9.03. The van der Waals surface area contributed by atoms with Crippen molar-refractivity contribution in [1.82, 2.24) is 9.91 Å². The molecule has 4 aliphatic rings. The zero-order valence-electron chi connectivity index (χ0n) is 27.8. The fourth-order valence-corrected chi connectivity index (χ4v) is 9.31. The number of amides is 4. The SMILES string of the molecule is Cc1ccc(NN2C(=O)[C@@H]3C[C@@H]4C(=CC[C@@H]5C(=O)N(CCc6ccc(O)cc6)C(=O)[C@@H]54)[C@H](c4ccc(O)cc4Cl)[C@]3(c3ccccc3)C2=O)cc1. The number of imide groups is 2. The van der Waals surface area contributed by atoms with Gasteiger partial charge in [0.15, 0.2) is 0 Å². The molecule has 2 saturated heterocycles.